The van der Waals surface area contributed by atoms with Crippen molar-refractivity contribution < 1.29 is 4.42 Å². The molecule has 0 N–H and O–H groups in total. The maximum absolute atomic E-state index is 5.61. The van der Waals surface area contributed by atoms with Crippen LogP contribution in [0.2, 0.25) is 0 Å². The zero-order valence-electron chi connectivity index (χ0n) is 8.76. The Balaban J connectivity index is 2.12. The molecule has 0 amide bonds. The van der Waals surface area contributed by atoms with Crippen molar-refractivity contribution in [3.63, 3.8) is 0 Å². The Morgan fingerprint density at radius 2 is 2.07 bits per heavy atom. The molecule has 0 spiro atoms. The molecule has 0 atom stereocenters. The van der Waals surface area contributed by atoms with E-state index < -0.39 is 0 Å². The van der Waals surface area contributed by atoms with Gasteiger partial charge in [0.1, 0.15) is 5.76 Å². The second-order valence-electron chi connectivity index (χ2n) is 3.52. The summed E-state index contributed by atoms with van der Waals surface area (Å²) in [7, 11) is 0. The summed E-state index contributed by atoms with van der Waals surface area (Å²) in [6.07, 6.45) is 9.04. The number of halogens is 1. The third-order valence-electron chi connectivity index (χ3n) is 2.23. The molecule has 0 bridgehead atoms. The zero-order chi connectivity index (χ0) is 10.2. The number of unbranched alkanes of at least 4 members (excludes halogenated alkanes) is 4. The van der Waals surface area contributed by atoms with Crippen LogP contribution in [0.25, 0.3) is 0 Å². The van der Waals surface area contributed by atoms with Crippen molar-refractivity contribution in [1.29, 1.82) is 0 Å². The molecule has 0 fully saturated rings. The van der Waals surface area contributed by atoms with E-state index in [1.807, 2.05) is 0 Å². The van der Waals surface area contributed by atoms with Crippen molar-refractivity contribution in [1.82, 2.24) is 4.98 Å². The van der Waals surface area contributed by atoms with E-state index in [9.17, 15) is 0 Å². The Kier molecular flexibility index (Phi) is 5.69. The van der Waals surface area contributed by atoms with Crippen LogP contribution < -0.4 is 0 Å². The molecular weight excluding hydrogens is 198 g/mol. The standard InChI is InChI=1S/C11H18ClNO/c1-2-3-4-5-6-7-11-13-9-10(8-12)14-11/h9H,2-8H2,1H3. The molecule has 0 aliphatic rings. The van der Waals surface area contributed by atoms with Crippen molar-refractivity contribution >= 4 is 11.6 Å². The first-order chi connectivity index (χ1) is 6.86. The minimum Gasteiger partial charge on any atom is -0.444 e. The van der Waals surface area contributed by atoms with E-state index in [1.54, 1.807) is 6.20 Å². The van der Waals surface area contributed by atoms with Gasteiger partial charge in [0.05, 0.1) is 12.1 Å². The van der Waals surface area contributed by atoms with Gasteiger partial charge in [0, 0.05) is 6.42 Å². The van der Waals surface area contributed by atoms with Crippen molar-refractivity contribution in [2.45, 2.75) is 51.3 Å². The predicted octanol–water partition coefficient (Wildman–Crippen LogP) is 3.93. The van der Waals surface area contributed by atoms with Crippen molar-refractivity contribution in [3.8, 4) is 0 Å². The topological polar surface area (TPSA) is 26.0 Å². The van der Waals surface area contributed by atoms with Gasteiger partial charge < -0.3 is 4.42 Å². The molecular formula is C11H18ClNO. The highest BCUT2D eigenvalue weighted by Crippen LogP contribution is 2.10. The average molecular weight is 216 g/mol. The minimum absolute atomic E-state index is 0.419. The number of aromatic nitrogens is 1. The van der Waals surface area contributed by atoms with Crippen LogP contribution >= 0.6 is 11.6 Å². The van der Waals surface area contributed by atoms with Crippen molar-refractivity contribution in [2.24, 2.45) is 0 Å². The van der Waals surface area contributed by atoms with Crippen LogP contribution in [0.3, 0.4) is 0 Å². The van der Waals surface area contributed by atoms with Gasteiger partial charge in [0.25, 0.3) is 0 Å². The van der Waals surface area contributed by atoms with Gasteiger partial charge in [-0.3, -0.25) is 0 Å². The van der Waals surface area contributed by atoms with Crippen LogP contribution in [0, 0.1) is 0 Å². The summed E-state index contributed by atoms with van der Waals surface area (Å²) in [6.45, 7) is 2.22. The van der Waals surface area contributed by atoms with E-state index in [0.717, 1.165) is 18.1 Å². The first-order valence-electron chi connectivity index (χ1n) is 5.36. The van der Waals surface area contributed by atoms with E-state index in [4.69, 9.17) is 16.0 Å². The van der Waals surface area contributed by atoms with Gasteiger partial charge in [-0.15, -0.1) is 11.6 Å². The molecule has 0 aliphatic carbocycles. The number of hydrogen-bond acceptors (Lipinski definition) is 2. The van der Waals surface area contributed by atoms with Crippen LogP contribution in [0.15, 0.2) is 10.6 Å². The highest BCUT2D eigenvalue weighted by molar-refractivity contribution is 6.16. The van der Waals surface area contributed by atoms with Crippen LogP contribution in [0.4, 0.5) is 0 Å². The number of oxazole rings is 1. The van der Waals surface area contributed by atoms with Gasteiger partial charge in [0.15, 0.2) is 5.89 Å². The fourth-order valence-corrected chi connectivity index (χ4v) is 1.53. The third kappa shape index (κ3) is 4.14. The minimum atomic E-state index is 0.419. The van der Waals surface area contributed by atoms with E-state index in [-0.39, 0.29) is 0 Å². The van der Waals surface area contributed by atoms with Crippen molar-refractivity contribution in [2.75, 3.05) is 0 Å². The molecule has 0 saturated carbocycles. The number of aryl methyl sites for hydroxylation is 1. The summed E-state index contributed by atoms with van der Waals surface area (Å²) in [6, 6.07) is 0. The van der Waals surface area contributed by atoms with Gasteiger partial charge in [-0.05, 0) is 6.42 Å². The molecule has 3 heteroatoms. The summed E-state index contributed by atoms with van der Waals surface area (Å²) in [5.41, 5.74) is 0. The molecule has 0 aromatic carbocycles. The Morgan fingerprint density at radius 3 is 2.71 bits per heavy atom. The van der Waals surface area contributed by atoms with E-state index in [2.05, 4.69) is 11.9 Å². The van der Waals surface area contributed by atoms with Crippen LogP contribution in [0.5, 0.6) is 0 Å². The van der Waals surface area contributed by atoms with Crippen LogP contribution in [0.1, 0.15) is 50.7 Å². The SMILES string of the molecule is CCCCCCCc1ncc(CCl)o1. The molecule has 1 aromatic rings. The molecule has 0 aliphatic heterocycles. The van der Waals surface area contributed by atoms with Crippen LogP contribution in [-0.4, -0.2) is 4.98 Å². The number of rotatable bonds is 7. The third-order valence-corrected chi connectivity index (χ3v) is 2.49. The lowest BCUT2D eigenvalue weighted by molar-refractivity contribution is 0.455. The molecule has 0 saturated heterocycles. The highest BCUT2D eigenvalue weighted by atomic mass is 35.5. The zero-order valence-corrected chi connectivity index (χ0v) is 9.52. The lowest BCUT2D eigenvalue weighted by Crippen LogP contribution is -1.85. The summed E-state index contributed by atoms with van der Waals surface area (Å²) in [4.78, 5) is 4.15. The maximum atomic E-state index is 5.61. The van der Waals surface area contributed by atoms with Gasteiger partial charge in [-0.1, -0.05) is 32.6 Å². The Morgan fingerprint density at radius 1 is 1.29 bits per heavy atom. The Labute approximate surface area is 90.7 Å². The van der Waals surface area contributed by atoms with Gasteiger partial charge in [-0.25, -0.2) is 4.98 Å². The summed E-state index contributed by atoms with van der Waals surface area (Å²) in [5.74, 6) is 2.02. The molecule has 1 rings (SSSR count). The second-order valence-corrected chi connectivity index (χ2v) is 3.79. The van der Waals surface area contributed by atoms with Gasteiger partial charge in [-0.2, -0.15) is 0 Å². The van der Waals surface area contributed by atoms with E-state index >= 15 is 0 Å². The molecule has 2 nitrogen and oxygen atoms in total. The Hall–Kier alpha value is -0.500. The summed E-state index contributed by atoms with van der Waals surface area (Å²) >= 11 is 5.61. The Bertz CT molecular complexity index is 247. The first-order valence-corrected chi connectivity index (χ1v) is 5.89. The van der Waals surface area contributed by atoms with Gasteiger partial charge >= 0.3 is 0 Å². The lowest BCUT2D eigenvalue weighted by atomic mass is 10.1. The van der Waals surface area contributed by atoms with Crippen LogP contribution in [-0.2, 0) is 12.3 Å². The number of hydrogen-bond donors (Lipinski definition) is 0. The monoisotopic (exact) mass is 215 g/mol. The highest BCUT2D eigenvalue weighted by Gasteiger charge is 2.01. The lowest BCUT2D eigenvalue weighted by Gasteiger charge is -1.96. The van der Waals surface area contributed by atoms with E-state index in [1.165, 1.54) is 32.1 Å². The predicted molar refractivity (Wildman–Crippen MR) is 58.5 cm³/mol. The molecule has 0 radical (unpaired) electrons. The second kappa shape index (κ2) is 6.88. The van der Waals surface area contributed by atoms with Gasteiger partial charge in [0.2, 0.25) is 0 Å². The summed E-state index contributed by atoms with van der Waals surface area (Å²) in [5, 5.41) is 0. The van der Waals surface area contributed by atoms with Crippen molar-refractivity contribution in [3.05, 3.63) is 17.8 Å². The molecule has 1 aromatic heterocycles. The fourth-order valence-electron chi connectivity index (χ4n) is 1.41. The smallest absolute Gasteiger partial charge is 0.194 e. The molecule has 1 heterocycles. The molecule has 80 valence electrons. The largest absolute Gasteiger partial charge is 0.444 e. The number of nitrogens with zero attached hydrogens (tertiary/aromatic N) is 1. The molecule has 14 heavy (non-hydrogen) atoms. The van der Waals surface area contributed by atoms with E-state index in [0.29, 0.717) is 5.88 Å². The maximum Gasteiger partial charge on any atom is 0.194 e. The normalized spacial score (nSPS) is 10.7. The molecule has 0 unspecified atom stereocenters. The average Bonchev–Trinajstić information content (AvgIpc) is 2.65. The number of alkyl halides is 1. The summed E-state index contributed by atoms with van der Waals surface area (Å²) < 4.78 is 5.40. The fraction of sp³-hybridized carbons (Fsp3) is 0.727. The quantitative estimate of drug-likeness (QED) is 0.509. The first kappa shape index (κ1) is 11.6.